The monoisotopic (exact) mass is 170 g/mol. The quantitative estimate of drug-likeness (QED) is 0.666. The molecule has 0 aliphatic carbocycles. The molecule has 0 spiro atoms. The molecule has 0 aliphatic heterocycles. The lowest BCUT2D eigenvalue weighted by molar-refractivity contribution is 0.187. The SMILES string of the molecule is C[C@@H](O)c1nnn(C(C)(C)C)n1. The molecule has 1 rings (SSSR count). The Morgan fingerprint density at radius 3 is 2.25 bits per heavy atom. The highest BCUT2D eigenvalue weighted by Gasteiger charge is 2.18. The summed E-state index contributed by atoms with van der Waals surface area (Å²) in [6, 6.07) is 0. The summed E-state index contributed by atoms with van der Waals surface area (Å²) in [5, 5.41) is 20.7. The number of tetrazole rings is 1. The standard InChI is InChI=1S/C7H14N4O/c1-5(12)6-8-10-11(9-6)7(2,3)4/h5,12H,1-4H3/t5-/m1/s1. The van der Waals surface area contributed by atoms with E-state index in [9.17, 15) is 0 Å². The summed E-state index contributed by atoms with van der Waals surface area (Å²) in [7, 11) is 0. The van der Waals surface area contributed by atoms with Gasteiger partial charge in [-0.2, -0.15) is 4.80 Å². The Morgan fingerprint density at radius 1 is 1.42 bits per heavy atom. The van der Waals surface area contributed by atoms with Gasteiger partial charge in [-0.15, -0.1) is 10.2 Å². The van der Waals surface area contributed by atoms with Gasteiger partial charge in [-0.3, -0.25) is 0 Å². The molecule has 1 atom stereocenters. The number of nitrogens with zero attached hydrogens (tertiary/aromatic N) is 4. The molecule has 68 valence electrons. The summed E-state index contributed by atoms with van der Waals surface area (Å²) in [5.74, 6) is 0.366. The first-order valence-corrected chi connectivity index (χ1v) is 3.90. The molecule has 1 heterocycles. The Morgan fingerprint density at radius 2 is 2.00 bits per heavy atom. The van der Waals surface area contributed by atoms with Crippen LogP contribution in [0, 0.1) is 0 Å². The van der Waals surface area contributed by atoms with E-state index in [2.05, 4.69) is 15.4 Å². The molecule has 0 bridgehead atoms. The van der Waals surface area contributed by atoms with Crippen molar-refractivity contribution >= 4 is 0 Å². The number of hydrogen-bond donors (Lipinski definition) is 1. The largest absolute Gasteiger partial charge is 0.385 e. The third kappa shape index (κ3) is 1.79. The average Bonchev–Trinajstić information content (AvgIpc) is 2.30. The molecule has 1 aromatic heterocycles. The first-order valence-electron chi connectivity index (χ1n) is 3.90. The third-order valence-electron chi connectivity index (χ3n) is 1.40. The number of aliphatic hydroxyl groups excluding tert-OH is 1. The summed E-state index contributed by atoms with van der Waals surface area (Å²) in [5.41, 5.74) is -0.180. The molecule has 1 aromatic rings. The molecule has 0 amide bonds. The van der Waals surface area contributed by atoms with Crippen LogP contribution >= 0.6 is 0 Å². The molecule has 0 unspecified atom stereocenters. The fourth-order valence-electron chi connectivity index (χ4n) is 0.677. The lowest BCUT2D eigenvalue weighted by atomic mass is 10.1. The Balaban J connectivity index is 2.92. The molecule has 5 nitrogen and oxygen atoms in total. The zero-order chi connectivity index (χ0) is 9.35. The van der Waals surface area contributed by atoms with Crippen molar-refractivity contribution in [1.29, 1.82) is 0 Å². The van der Waals surface area contributed by atoms with Gasteiger partial charge in [-0.25, -0.2) is 0 Å². The molecule has 0 saturated heterocycles. The van der Waals surface area contributed by atoms with Gasteiger partial charge in [-0.05, 0) is 32.9 Å². The fraction of sp³-hybridized carbons (Fsp3) is 0.857. The van der Waals surface area contributed by atoms with Crippen molar-refractivity contribution in [1.82, 2.24) is 20.2 Å². The minimum atomic E-state index is -0.652. The second-order valence-electron chi connectivity index (χ2n) is 3.78. The van der Waals surface area contributed by atoms with Crippen LogP contribution in [0.15, 0.2) is 0 Å². The van der Waals surface area contributed by atoms with Crippen LogP contribution in [0.25, 0.3) is 0 Å². The molecular formula is C7H14N4O. The third-order valence-corrected chi connectivity index (χ3v) is 1.40. The van der Waals surface area contributed by atoms with E-state index in [0.717, 1.165) is 0 Å². The summed E-state index contributed by atoms with van der Waals surface area (Å²) >= 11 is 0. The smallest absolute Gasteiger partial charge is 0.202 e. The predicted molar refractivity (Wildman–Crippen MR) is 43.4 cm³/mol. The van der Waals surface area contributed by atoms with E-state index in [1.807, 2.05) is 20.8 Å². The van der Waals surface area contributed by atoms with Crippen LogP contribution in [-0.4, -0.2) is 25.3 Å². The summed E-state index contributed by atoms with van der Waals surface area (Å²) < 4.78 is 0. The van der Waals surface area contributed by atoms with Gasteiger partial charge in [0.1, 0.15) is 6.10 Å². The minimum absolute atomic E-state index is 0.180. The van der Waals surface area contributed by atoms with Crippen molar-refractivity contribution in [3.63, 3.8) is 0 Å². The summed E-state index contributed by atoms with van der Waals surface area (Å²) in [4.78, 5) is 1.50. The van der Waals surface area contributed by atoms with E-state index in [-0.39, 0.29) is 5.54 Å². The normalized spacial score (nSPS) is 14.8. The number of aliphatic hydroxyl groups is 1. The molecule has 5 heteroatoms. The molecule has 0 radical (unpaired) electrons. The molecule has 12 heavy (non-hydrogen) atoms. The fourth-order valence-corrected chi connectivity index (χ4v) is 0.677. The van der Waals surface area contributed by atoms with Crippen molar-refractivity contribution < 1.29 is 5.11 Å². The molecular weight excluding hydrogens is 156 g/mol. The van der Waals surface area contributed by atoms with Crippen molar-refractivity contribution in [3.05, 3.63) is 5.82 Å². The Hall–Kier alpha value is -0.970. The van der Waals surface area contributed by atoms with Crippen LogP contribution in [0.5, 0.6) is 0 Å². The lowest BCUT2D eigenvalue weighted by Gasteiger charge is -2.15. The Kier molecular flexibility index (Phi) is 2.14. The van der Waals surface area contributed by atoms with Crippen LogP contribution in [-0.2, 0) is 5.54 Å². The zero-order valence-corrected chi connectivity index (χ0v) is 7.81. The van der Waals surface area contributed by atoms with Crippen LogP contribution in [0.2, 0.25) is 0 Å². The van der Waals surface area contributed by atoms with Gasteiger partial charge in [0.15, 0.2) is 0 Å². The van der Waals surface area contributed by atoms with Crippen LogP contribution < -0.4 is 0 Å². The van der Waals surface area contributed by atoms with Gasteiger partial charge in [-0.1, -0.05) is 0 Å². The first kappa shape index (κ1) is 9.12. The molecule has 0 aliphatic rings. The maximum Gasteiger partial charge on any atom is 0.202 e. The van der Waals surface area contributed by atoms with E-state index in [1.165, 1.54) is 4.80 Å². The van der Waals surface area contributed by atoms with Crippen LogP contribution in [0.3, 0.4) is 0 Å². The predicted octanol–water partition coefficient (Wildman–Crippen LogP) is 0.481. The first-order chi connectivity index (χ1) is 5.41. The van der Waals surface area contributed by atoms with Gasteiger partial charge in [0.05, 0.1) is 5.54 Å². The van der Waals surface area contributed by atoms with E-state index < -0.39 is 6.10 Å². The van der Waals surface area contributed by atoms with Gasteiger partial charge < -0.3 is 5.11 Å². The van der Waals surface area contributed by atoms with E-state index in [1.54, 1.807) is 6.92 Å². The lowest BCUT2D eigenvalue weighted by Crippen LogP contribution is -2.24. The molecule has 0 fully saturated rings. The molecule has 1 N–H and O–H groups in total. The maximum atomic E-state index is 9.12. The number of rotatable bonds is 1. The minimum Gasteiger partial charge on any atom is -0.385 e. The zero-order valence-electron chi connectivity index (χ0n) is 7.81. The van der Waals surface area contributed by atoms with Crippen molar-refractivity contribution in [2.45, 2.75) is 39.3 Å². The van der Waals surface area contributed by atoms with Crippen molar-refractivity contribution in [2.75, 3.05) is 0 Å². The number of hydrogen-bond acceptors (Lipinski definition) is 4. The van der Waals surface area contributed by atoms with Crippen molar-refractivity contribution in [2.24, 2.45) is 0 Å². The number of aromatic nitrogens is 4. The van der Waals surface area contributed by atoms with E-state index in [4.69, 9.17) is 5.11 Å². The van der Waals surface area contributed by atoms with Gasteiger partial charge in [0.25, 0.3) is 0 Å². The molecule has 0 aromatic carbocycles. The maximum absolute atomic E-state index is 9.12. The van der Waals surface area contributed by atoms with Gasteiger partial charge >= 0.3 is 0 Å². The Bertz CT molecular complexity index is 261. The van der Waals surface area contributed by atoms with E-state index in [0.29, 0.717) is 5.82 Å². The average molecular weight is 170 g/mol. The van der Waals surface area contributed by atoms with Crippen LogP contribution in [0.4, 0.5) is 0 Å². The molecule has 0 saturated carbocycles. The highest BCUT2D eigenvalue weighted by Crippen LogP contribution is 2.11. The highest BCUT2D eigenvalue weighted by atomic mass is 16.3. The second kappa shape index (κ2) is 2.82. The highest BCUT2D eigenvalue weighted by molar-refractivity contribution is 4.82. The topological polar surface area (TPSA) is 63.8 Å². The van der Waals surface area contributed by atoms with Gasteiger partial charge in [0.2, 0.25) is 5.82 Å². The van der Waals surface area contributed by atoms with E-state index >= 15 is 0 Å². The Labute approximate surface area is 71.4 Å². The summed E-state index contributed by atoms with van der Waals surface area (Å²) in [6.07, 6.45) is -0.652. The van der Waals surface area contributed by atoms with Crippen molar-refractivity contribution in [3.8, 4) is 0 Å². The summed E-state index contributed by atoms with van der Waals surface area (Å²) in [6.45, 7) is 7.53. The van der Waals surface area contributed by atoms with Crippen LogP contribution in [0.1, 0.15) is 39.6 Å². The van der Waals surface area contributed by atoms with Gasteiger partial charge in [0, 0.05) is 0 Å². The second-order valence-corrected chi connectivity index (χ2v) is 3.78.